The standard InChI is InChI=1S/C13H7Cl3O3/c14-9-2-1-3-11(12(9)16)19-7-4-5-8(13(17)18)10(15)6-7/h1-6H,(H,17,18). The van der Waals surface area contributed by atoms with E-state index in [4.69, 9.17) is 44.6 Å². The van der Waals surface area contributed by atoms with Crippen molar-refractivity contribution in [2.45, 2.75) is 0 Å². The molecule has 0 aliphatic carbocycles. The average molecular weight is 318 g/mol. The smallest absolute Gasteiger partial charge is 0.337 e. The largest absolute Gasteiger partial charge is 0.478 e. The fourth-order valence-electron chi connectivity index (χ4n) is 1.42. The molecule has 0 aliphatic heterocycles. The summed E-state index contributed by atoms with van der Waals surface area (Å²) >= 11 is 17.7. The van der Waals surface area contributed by atoms with Crippen LogP contribution in [0.4, 0.5) is 0 Å². The van der Waals surface area contributed by atoms with Gasteiger partial charge in [-0.15, -0.1) is 0 Å². The Balaban J connectivity index is 2.32. The van der Waals surface area contributed by atoms with Crippen molar-refractivity contribution in [2.24, 2.45) is 0 Å². The number of ether oxygens (including phenoxy) is 1. The normalized spacial score (nSPS) is 10.3. The molecular weight excluding hydrogens is 310 g/mol. The van der Waals surface area contributed by atoms with E-state index in [1.54, 1.807) is 18.2 Å². The Labute approximate surface area is 124 Å². The van der Waals surface area contributed by atoms with Crippen LogP contribution < -0.4 is 4.74 Å². The molecule has 2 rings (SSSR count). The zero-order valence-corrected chi connectivity index (χ0v) is 11.6. The van der Waals surface area contributed by atoms with E-state index in [1.807, 2.05) is 0 Å². The second kappa shape index (κ2) is 5.70. The lowest BCUT2D eigenvalue weighted by molar-refractivity contribution is 0.0697. The molecule has 0 saturated heterocycles. The summed E-state index contributed by atoms with van der Waals surface area (Å²) in [7, 11) is 0. The van der Waals surface area contributed by atoms with E-state index in [0.29, 0.717) is 16.5 Å². The quantitative estimate of drug-likeness (QED) is 0.853. The lowest BCUT2D eigenvalue weighted by Crippen LogP contribution is -1.97. The van der Waals surface area contributed by atoms with Gasteiger partial charge in [-0.25, -0.2) is 4.79 Å². The molecule has 0 aromatic heterocycles. The van der Waals surface area contributed by atoms with Crippen molar-refractivity contribution in [1.29, 1.82) is 0 Å². The number of benzene rings is 2. The van der Waals surface area contributed by atoms with Gasteiger partial charge in [-0.3, -0.25) is 0 Å². The van der Waals surface area contributed by atoms with Crippen LogP contribution in [-0.2, 0) is 0 Å². The van der Waals surface area contributed by atoms with Crippen molar-refractivity contribution >= 4 is 40.8 Å². The number of carboxylic acids is 1. The summed E-state index contributed by atoms with van der Waals surface area (Å²) in [6.07, 6.45) is 0. The van der Waals surface area contributed by atoms with Crippen molar-refractivity contribution in [3.8, 4) is 11.5 Å². The Morgan fingerprint density at radius 3 is 2.42 bits per heavy atom. The van der Waals surface area contributed by atoms with Crippen LogP contribution in [0.15, 0.2) is 36.4 Å². The van der Waals surface area contributed by atoms with E-state index in [1.165, 1.54) is 18.2 Å². The van der Waals surface area contributed by atoms with Crippen LogP contribution in [0, 0.1) is 0 Å². The fourth-order valence-corrected chi connectivity index (χ4v) is 2.00. The highest BCUT2D eigenvalue weighted by atomic mass is 35.5. The Bertz CT molecular complexity index is 641. The molecule has 2 aromatic carbocycles. The first-order valence-corrected chi connectivity index (χ1v) is 6.27. The fraction of sp³-hybridized carbons (Fsp3) is 0. The minimum atomic E-state index is -1.10. The van der Waals surface area contributed by atoms with Gasteiger partial charge in [-0.1, -0.05) is 40.9 Å². The second-order valence-corrected chi connectivity index (χ2v) is 4.79. The third-order valence-corrected chi connectivity index (χ3v) is 3.43. The van der Waals surface area contributed by atoms with Gasteiger partial charge in [0, 0.05) is 6.07 Å². The van der Waals surface area contributed by atoms with Crippen molar-refractivity contribution in [3.05, 3.63) is 57.0 Å². The Hall–Kier alpha value is -1.42. The Kier molecular flexibility index (Phi) is 4.20. The van der Waals surface area contributed by atoms with Gasteiger partial charge in [0.1, 0.15) is 16.5 Å². The highest BCUT2D eigenvalue weighted by Gasteiger charge is 2.11. The Morgan fingerprint density at radius 2 is 1.79 bits per heavy atom. The Morgan fingerprint density at radius 1 is 1.05 bits per heavy atom. The molecule has 0 bridgehead atoms. The molecule has 0 fully saturated rings. The summed E-state index contributed by atoms with van der Waals surface area (Å²) in [5.41, 5.74) is 0.00575. The first-order chi connectivity index (χ1) is 8.99. The molecule has 98 valence electrons. The number of halogens is 3. The maximum Gasteiger partial charge on any atom is 0.337 e. The van der Waals surface area contributed by atoms with Crippen LogP contribution in [0.25, 0.3) is 0 Å². The van der Waals surface area contributed by atoms with Crippen LogP contribution >= 0.6 is 34.8 Å². The first kappa shape index (κ1) is 14.0. The molecule has 0 amide bonds. The molecule has 0 unspecified atom stereocenters. The number of carbonyl (C=O) groups is 1. The summed E-state index contributed by atoms with van der Waals surface area (Å²) < 4.78 is 5.51. The summed E-state index contributed by atoms with van der Waals surface area (Å²) in [5, 5.41) is 9.60. The lowest BCUT2D eigenvalue weighted by atomic mass is 10.2. The molecular formula is C13H7Cl3O3. The van der Waals surface area contributed by atoms with E-state index in [-0.39, 0.29) is 15.6 Å². The van der Waals surface area contributed by atoms with Gasteiger partial charge in [0.15, 0.2) is 0 Å². The molecule has 19 heavy (non-hydrogen) atoms. The van der Waals surface area contributed by atoms with Crippen LogP contribution in [0.1, 0.15) is 10.4 Å². The first-order valence-electron chi connectivity index (χ1n) is 5.13. The molecule has 0 saturated carbocycles. The van der Waals surface area contributed by atoms with Gasteiger partial charge < -0.3 is 9.84 Å². The summed E-state index contributed by atoms with van der Waals surface area (Å²) in [5.74, 6) is -0.357. The van der Waals surface area contributed by atoms with E-state index in [9.17, 15) is 4.79 Å². The minimum Gasteiger partial charge on any atom is -0.478 e. The van der Waals surface area contributed by atoms with Gasteiger partial charge in [-0.2, -0.15) is 0 Å². The second-order valence-electron chi connectivity index (χ2n) is 3.60. The number of aromatic carboxylic acids is 1. The van der Waals surface area contributed by atoms with E-state index < -0.39 is 5.97 Å². The van der Waals surface area contributed by atoms with Crippen molar-refractivity contribution in [2.75, 3.05) is 0 Å². The SMILES string of the molecule is O=C(O)c1ccc(Oc2cccc(Cl)c2Cl)cc1Cl. The third kappa shape index (κ3) is 3.13. The number of rotatable bonds is 3. The topological polar surface area (TPSA) is 46.5 Å². The molecule has 0 spiro atoms. The highest BCUT2D eigenvalue weighted by molar-refractivity contribution is 6.42. The third-order valence-electron chi connectivity index (χ3n) is 2.31. The minimum absolute atomic E-state index is 0.00575. The number of hydrogen-bond acceptors (Lipinski definition) is 2. The highest BCUT2D eigenvalue weighted by Crippen LogP contribution is 2.35. The lowest BCUT2D eigenvalue weighted by Gasteiger charge is -2.09. The van der Waals surface area contributed by atoms with E-state index in [0.717, 1.165) is 0 Å². The van der Waals surface area contributed by atoms with Gasteiger partial charge in [0.2, 0.25) is 0 Å². The van der Waals surface area contributed by atoms with Crippen molar-refractivity contribution in [1.82, 2.24) is 0 Å². The van der Waals surface area contributed by atoms with Gasteiger partial charge >= 0.3 is 5.97 Å². The maximum absolute atomic E-state index is 10.8. The molecule has 3 nitrogen and oxygen atoms in total. The predicted octanol–water partition coefficient (Wildman–Crippen LogP) is 5.14. The predicted molar refractivity (Wildman–Crippen MR) is 74.9 cm³/mol. The maximum atomic E-state index is 10.8. The van der Waals surface area contributed by atoms with Crippen molar-refractivity contribution in [3.63, 3.8) is 0 Å². The summed E-state index contributed by atoms with van der Waals surface area (Å²) in [6, 6.07) is 9.23. The van der Waals surface area contributed by atoms with Crippen LogP contribution in [0.2, 0.25) is 15.1 Å². The summed E-state index contributed by atoms with van der Waals surface area (Å²) in [6.45, 7) is 0. The zero-order chi connectivity index (χ0) is 14.0. The molecule has 0 radical (unpaired) electrons. The molecule has 0 atom stereocenters. The number of carboxylic acid groups (broad SMARTS) is 1. The van der Waals surface area contributed by atoms with Crippen LogP contribution in [0.5, 0.6) is 11.5 Å². The van der Waals surface area contributed by atoms with Crippen LogP contribution in [-0.4, -0.2) is 11.1 Å². The van der Waals surface area contributed by atoms with Gasteiger partial charge in [0.25, 0.3) is 0 Å². The van der Waals surface area contributed by atoms with E-state index in [2.05, 4.69) is 0 Å². The van der Waals surface area contributed by atoms with Gasteiger partial charge in [-0.05, 0) is 24.3 Å². The summed E-state index contributed by atoms with van der Waals surface area (Å²) in [4.78, 5) is 10.8. The van der Waals surface area contributed by atoms with Crippen LogP contribution in [0.3, 0.4) is 0 Å². The van der Waals surface area contributed by atoms with E-state index >= 15 is 0 Å². The van der Waals surface area contributed by atoms with Crippen molar-refractivity contribution < 1.29 is 14.6 Å². The molecule has 2 aromatic rings. The molecule has 1 N–H and O–H groups in total. The van der Waals surface area contributed by atoms with Gasteiger partial charge in [0.05, 0.1) is 15.6 Å². The molecule has 6 heteroatoms. The monoisotopic (exact) mass is 316 g/mol. The molecule has 0 aliphatic rings. The average Bonchev–Trinajstić information content (AvgIpc) is 2.34. The molecule has 0 heterocycles. The number of hydrogen-bond donors (Lipinski definition) is 1. The zero-order valence-electron chi connectivity index (χ0n) is 9.36.